The van der Waals surface area contributed by atoms with E-state index in [9.17, 15) is 9.59 Å². The third-order valence-corrected chi connectivity index (χ3v) is 8.87. The number of amides is 1. The molecule has 2 heterocycles. The first kappa shape index (κ1) is 29.6. The van der Waals surface area contributed by atoms with Gasteiger partial charge in [-0.1, -0.05) is 65.4 Å². The number of ether oxygens (including phenoxy) is 1. The van der Waals surface area contributed by atoms with E-state index in [-0.39, 0.29) is 11.5 Å². The first-order valence-corrected chi connectivity index (χ1v) is 15.3. The van der Waals surface area contributed by atoms with Crippen LogP contribution in [0.3, 0.4) is 0 Å². The lowest BCUT2D eigenvalue weighted by Crippen LogP contribution is -2.30. The van der Waals surface area contributed by atoms with E-state index in [2.05, 4.69) is 4.90 Å². The number of nitrogens with zero attached hydrogens (tertiary/aromatic N) is 2. The van der Waals surface area contributed by atoms with Crippen molar-refractivity contribution >= 4 is 69.5 Å². The zero-order chi connectivity index (χ0) is 28.9. The third kappa shape index (κ3) is 7.50. The van der Waals surface area contributed by atoms with Crippen LogP contribution in [0.25, 0.3) is 17.2 Å². The number of carbonyl (C=O) groups is 2. The summed E-state index contributed by atoms with van der Waals surface area (Å²) in [7, 11) is 0. The monoisotopic (exact) mass is 626 g/mol. The van der Waals surface area contributed by atoms with Crippen LogP contribution in [0.15, 0.2) is 65.6 Å². The number of thiocarbonyl (C=S) groups is 1. The number of halogens is 2. The second-order valence-electron chi connectivity index (χ2n) is 9.89. The second-order valence-corrected chi connectivity index (χ2v) is 12.4. The molecule has 5 rings (SSSR count). The maximum Gasteiger partial charge on any atom is 0.335 e. The van der Waals surface area contributed by atoms with Crippen molar-refractivity contribution in [3.05, 3.63) is 92.3 Å². The van der Waals surface area contributed by atoms with Crippen molar-refractivity contribution in [2.45, 2.75) is 19.3 Å². The smallest absolute Gasteiger partial charge is 0.335 e. The molecule has 1 N–H and O–H groups in total. The lowest BCUT2D eigenvalue weighted by Gasteiger charge is -2.17. The van der Waals surface area contributed by atoms with Crippen LogP contribution >= 0.6 is 47.2 Å². The number of carboxylic acid groups (broad SMARTS) is 1. The molecular formula is C31H28Cl2N2O4S2. The maximum atomic E-state index is 13.4. The Hall–Kier alpha value is -2.88. The Bertz CT molecular complexity index is 1480. The van der Waals surface area contributed by atoms with Gasteiger partial charge < -0.3 is 9.84 Å². The van der Waals surface area contributed by atoms with Crippen molar-refractivity contribution in [3.8, 4) is 16.9 Å². The standard InChI is InChI=1S/C31H28Cl2N2O4S2/c32-25-16-23(17-26(33)19-25)22-7-8-27(39-14-13-34-10-1-2-11-34)24(15-22)18-28-29(36)35(31(40)41-28)12-9-20-3-5-21(6-4-20)30(37)38/h3-8,15-19H,1-2,9-14H2,(H,37,38)/b28-18-. The molecule has 2 saturated heterocycles. The van der Waals surface area contributed by atoms with Gasteiger partial charge in [-0.25, -0.2) is 4.79 Å². The number of thioether (sulfide) groups is 1. The lowest BCUT2D eigenvalue weighted by atomic mass is 10.0. The molecule has 212 valence electrons. The zero-order valence-electron chi connectivity index (χ0n) is 22.1. The average molecular weight is 628 g/mol. The van der Waals surface area contributed by atoms with Crippen molar-refractivity contribution in [1.82, 2.24) is 9.80 Å². The Labute approximate surface area is 258 Å². The van der Waals surface area contributed by atoms with Crippen molar-refractivity contribution < 1.29 is 19.4 Å². The van der Waals surface area contributed by atoms with Crippen LogP contribution in [0.4, 0.5) is 0 Å². The minimum atomic E-state index is -0.972. The number of aromatic carboxylic acids is 1. The second kappa shape index (κ2) is 13.4. The summed E-state index contributed by atoms with van der Waals surface area (Å²) < 4.78 is 6.71. The van der Waals surface area contributed by atoms with Crippen LogP contribution in [-0.4, -0.2) is 63.9 Å². The lowest BCUT2D eigenvalue weighted by molar-refractivity contribution is -0.122. The van der Waals surface area contributed by atoms with Gasteiger partial charge in [0, 0.05) is 28.7 Å². The van der Waals surface area contributed by atoms with E-state index < -0.39 is 5.97 Å². The molecular weight excluding hydrogens is 599 g/mol. The first-order chi connectivity index (χ1) is 19.8. The summed E-state index contributed by atoms with van der Waals surface area (Å²) in [4.78, 5) is 29.0. The van der Waals surface area contributed by atoms with E-state index in [1.54, 1.807) is 35.2 Å². The van der Waals surface area contributed by atoms with Gasteiger partial charge in [-0.05, 0) is 97.6 Å². The first-order valence-electron chi connectivity index (χ1n) is 13.3. The molecule has 3 aromatic carbocycles. The molecule has 0 aliphatic carbocycles. The van der Waals surface area contributed by atoms with Gasteiger partial charge in [-0.3, -0.25) is 14.6 Å². The van der Waals surface area contributed by atoms with Crippen LogP contribution in [0, 0.1) is 0 Å². The molecule has 0 spiro atoms. The van der Waals surface area contributed by atoms with Gasteiger partial charge in [0.15, 0.2) is 0 Å². The van der Waals surface area contributed by atoms with Crippen LogP contribution < -0.4 is 4.74 Å². The fourth-order valence-electron chi connectivity index (χ4n) is 4.87. The molecule has 10 heteroatoms. The van der Waals surface area contributed by atoms with Gasteiger partial charge in [0.25, 0.3) is 5.91 Å². The predicted molar refractivity (Wildman–Crippen MR) is 170 cm³/mol. The number of benzene rings is 3. The van der Waals surface area contributed by atoms with Crippen molar-refractivity contribution in [2.75, 3.05) is 32.8 Å². The number of carbonyl (C=O) groups excluding carboxylic acids is 1. The molecule has 0 atom stereocenters. The molecule has 0 bridgehead atoms. The zero-order valence-corrected chi connectivity index (χ0v) is 25.3. The fourth-order valence-corrected chi connectivity index (χ4v) is 6.70. The van der Waals surface area contributed by atoms with Crippen LogP contribution in [-0.2, 0) is 11.2 Å². The Morgan fingerprint density at radius 3 is 2.37 bits per heavy atom. The predicted octanol–water partition coefficient (Wildman–Crippen LogP) is 7.28. The van der Waals surface area contributed by atoms with Crippen LogP contribution in [0.2, 0.25) is 10.0 Å². The van der Waals surface area contributed by atoms with E-state index in [1.807, 2.05) is 36.4 Å². The van der Waals surface area contributed by atoms with Crippen LogP contribution in [0.1, 0.15) is 34.3 Å². The highest BCUT2D eigenvalue weighted by atomic mass is 35.5. The molecule has 41 heavy (non-hydrogen) atoms. The van der Waals surface area contributed by atoms with Crippen molar-refractivity contribution in [2.24, 2.45) is 0 Å². The number of hydrogen-bond acceptors (Lipinski definition) is 6. The highest BCUT2D eigenvalue weighted by molar-refractivity contribution is 8.26. The van der Waals surface area contributed by atoms with Crippen molar-refractivity contribution in [3.63, 3.8) is 0 Å². The Kier molecular flexibility index (Phi) is 9.68. The summed E-state index contributed by atoms with van der Waals surface area (Å²) in [5.74, 6) is -0.452. The summed E-state index contributed by atoms with van der Waals surface area (Å²) >= 11 is 19.4. The molecule has 3 aromatic rings. The van der Waals surface area contributed by atoms with E-state index in [0.29, 0.717) is 44.6 Å². The SMILES string of the molecule is O=C(O)c1ccc(CCN2C(=O)/C(=C/c3cc(-c4cc(Cl)cc(Cl)c4)ccc3OCCN3CCCC3)SC2=S)cc1. The summed E-state index contributed by atoms with van der Waals surface area (Å²) in [5.41, 5.74) is 3.68. The molecule has 1 amide bonds. The van der Waals surface area contributed by atoms with Crippen molar-refractivity contribution in [1.29, 1.82) is 0 Å². The normalized spacial score (nSPS) is 16.6. The third-order valence-electron chi connectivity index (χ3n) is 7.05. The van der Waals surface area contributed by atoms with Gasteiger partial charge >= 0.3 is 5.97 Å². The number of rotatable bonds is 10. The molecule has 2 aliphatic heterocycles. The number of hydrogen-bond donors (Lipinski definition) is 1. The van der Waals surface area contributed by atoms with Gasteiger partial charge in [-0.15, -0.1) is 0 Å². The minimum Gasteiger partial charge on any atom is -0.492 e. The highest BCUT2D eigenvalue weighted by Crippen LogP contribution is 2.37. The molecule has 0 saturated carbocycles. The minimum absolute atomic E-state index is 0.165. The summed E-state index contributed by atoms with van der Waals surface area (Å²) in [6, 6.07) is 17.9. The van der Waals surface area contributed by atoms with Gasteiger partial charge in [0.2, 0.25) is 0 Å². The summed E-state index contributed by atoms with van der Waals surface area (Å²) in [6.45, 7) is 3.98. The van der Waals surface area contributed by atoms with E-state index in [4.69, 9.17) is 45.3 Å². The van der Waals surface area contributed by atoms with Gasteiger partial charge in [0.05, 0.1) is 10.5 Å². The Morgan fingerprint density at radius 1 is 0.976 bits per heavy atom. The molecule has 2 aliphatic rings. The number of carboxylic acids is 1. The molecule has 0 radical (unpaired) electrons. The molecule has 0 aromatic heterocycles. The largest absolute Gasteiger partial charge is 0.492 e. The van der Waals surface area contributed by atoms with Gasteiger partial charge in [0.1, 0.15) is 16.7 Å². The quantitative estimate of drug-likeness (QED) is 0.187. The molecule has 0 unspecified atom stereocenters. The fraction of sp³-hybridized carbons (Fsp3) is 0.258. The Morgan fingerprint density at radius 2 is 1.68 bits per heavy atom. The van der Waals surface area contributed by atoms with Gasteiger partial charge in [-0.2, -0.15) is 0 Å². The topological polar surface area (TPSA) is 70.1 Å². The summed E-state index contributed by atoms with van der Waals surface area (Å²) in [5, 5.41) is 10.2. The van der Waals surface area contributed by atoms with E-state index >= 15 is 0 Å². The van der Waals surface area contributed by atoms with Crippen LogP contribution in [0.5, 0.6) is 5.75 Å². The highest BCUT2D eigenvalue weighted by Gasteiger charge is 2.32. The Balaban J connectivity index is 1.36. The number of likely N-dealkylation sites (tertiary alicyclic amines) is 1. The summed E-state index contributed by atoms with van der Waals surface area (Å²) in [6.07, 6.45) is 4.83. The maximum absolute atomic E-state index is 13.4. The molecule has 6 nitrogen and oxygen atoms in total. The van der Waals surface area contributed by atoms with E-state index in [1.165, 1.54) is 24.6 Å². The van der Waals surface area contributed by atoms with E-state index in [0.717, 1.165) is 41.9 Å². The average Bonchev–Trinajstić information content (AvgIpc) is 3.55. The molecule has 2 fully saturated rings.